The molecule has 0 saturated heterocycles. The zero-order valence-corrected chi connectivity index (χ0v) is 14.3. The summed E-state index contributed by atoms with van der Waals surface area (Å²) < 4.78 is 0. The maximum absolute atomic E-state index is 12.7. The average Bonchev–Trinajstić information content (AvgIpc) is 2.53. The Hall–Kier alpha value is -1.23. The Bertz CT molecular complexity index is 722. The summed E-state index contributed by atoms with van der Waals surface area (Å²) in [6, 6.07) is 7.84. The van der Waals surface area contributed by atoms with Crippen LogP contribution in [0.4, 0.5) is 0 Å². The van der Waals surface area contributed by atoms with E-state index in [1.807, 2.05) is 6.26 Å². The highest BCUT2D eigenvalue weighted by Gasteiger charge is 2.25. The Morgan fingerprint density at radius 2 is 2.18 bits per heavy atom. The normalized spacial score (nSPS) is 13.9. The summed E-state index contributed by atoms with van der Waals surface area (Å²) in [5.74, 6) is -0.150. The largest absolute Gasteiger partial charge is 0.333 e. The molecule has 2 heterocycles. The molecule has 114 valence electrons. The summed E-state index contributed by atoms with van der Waals surface area (Å²) in [4.78, 5) is 19.8. The van der Waals surface area contributed by atoms with Crippen molar-refractivity contribution in [2.75, 3.05) is 12.8 Å². The van der Waals surface area contributed by atoms with Crippen LogP contribution in [0.5, 0.6) is 0 Å². The average molecular weight is 353 g/mol. The molecule has 2 aromatic rings. The molecule has 22 heavy (non-hydrogen) atoms. The number of halogens is 2. The Morgan fingerprint density at radius 1 is 1.36 bits per heavy atom. The number of carbonyl (C=O) groups excluding carboxylic acids is 1. The highest BCUT2D eigenvalue weighted by molar-refractivity contribution is 7.98. The monoisotopic (exact) mass is 352 g/mol. The summed E-state index contributed by atoms with van der Waals surface area (Å²) in [6.45, 7) is 1.26. The second-order valence-electron chi connectivity index (χ2n) is 5.06. The van der Waals surface area contributed by atoms with Crippen LogP contribution in [0.25, 0.3) is 0 Å². The fourth-order valence-corrected chi connectivity index (χ4v) is 3.75. The van der Waals surface area contributed by atoms with Gasteiger partial charge in [0, 0.05) is 24.2 Å². The van der Waals surface area contributed by atoms with Gasteiger partial charge in [0.15, 0.2) is 0 Å². The fraction of sp³-hybridized carbons (Fsp3) is 0.250. The van der Waals surface area contributed by atoms with Crippen LogP contribution < -0.4 is 0 Å². The molecule has 0 bridgehead atoms. The molecule has 0 aliphatic carbocycles. The minimum atomic E-state index is -0.150. The van der Waals surface area contributed by atoms with E-state index < -0.39 is 0 Å². The maximum atomic E-state index is 12.7. The van der Waals surface area contributed by atoms with Gasteiger partial charge in [-0.15, -0.1) is 11.8 Å². The zero-order valence-electron chi connectivity index (χ0n) is 12.0. The van der Waals surface area contributed by atoms with E-state index in [-0.39, 0.29) is 11.6 Å². The van der Waals surface area contributed by atoms with Crippen molar-refractivity contribution in [3.63, 3.8) is 0 Å². The van der Waals surface area contributed by atoms with Gasteiger partial charge in [-0.1, -0.05) is 35.3 Å². The molecule has 0 atom stereocenters. The molecule has 0 unspecified atom stereocenters. The topological polar surface area (TPSA) is 33.2 Å². The van der Waals surface area contributed by atoms with Gasteiger partial charge in [0.05, 0.1) is 10.0 Å². The SMILES string of the molecule is CSc1cccc2c1CN(C(=O)c1ncc(Cl)cc1Cl)CC2. The van der Waals surface area contributed by atoms with Gasteiger partial charge in [-0.25, -0.2) is 4.98 Å². The molecule has 0 radical (unpaired) electrons. The maximum Gasteiger partial charge on any atom is 0.274 e. The second-order valence-corrected chi connectivity index (χ2v) is 6.75. The first-order valence-corrected chi connectivity index (χ1v) is 8.83. The molecule has 1 aromatic heterocycles. The molecule has 0 saturated carbocycles. The van der Waals surface area contributed by atoms with E-state index in [9.17, 15) is 4.79 Å². The summed E-state index contributed by atoms with van der Waals surface area (Å²) in [7, 11) is 0. The highest BCUT2D eigenvalue weighted by Crippen LogP contribution is 2.30. The fourth-order valence-electron chi connectivity index (χ4n) is 2.64. The van der Waals surface area contributed by atoms with Crippen LogP contribution in [0.3, 0.4) is 0 Å². The number of thioether (sulfide) groups is 1. The van der Waals surface area contributed by atoms with E-state index in [2.05, 4.69) is 23.2 Å². The van der Waals surface area contributed by atoms with Crippen LogP contribution in [0.2, 0.25) is 10.0 Å². The number of amides is 1. The molecule has 1 aromatic carbocycles. The zero-order chi connectivity index (χ0) is 15.7. The van der Waals surface area contributed by atoms with Gasteiger partial charge in [-0.2, -0.15) is 0 Å². The van der Waals surface area contributed by atoms with Gasteiger partial charge < -0.3 is 4.90 Å². The number of nitrogens with zero attached hydrogens (tertiary/aromatic N) is 2. The summed E-state index contributed by atoms with van der Waals surface area (Å²) in [5.41, 5.74) is 2.79. The first-order chi connectivity index (χ1) is 10.6. The third kappa shape index (κ3) is 2.96. The molecule has 0 N–H and O–H groups in total. The molecule has 0 fully saturated rings. The van der Waals surface area contributed by atoms with Gasteiger partial charge in [0.25, 0.3) is 5.91 Å². The Morgan fingerprint density at radius 3 is 2.91 bits per heavy atom. The summed E-state index contributed by atoms with van der Waals surface area (Å²) in [6.07, 6.45) is 4.35. The first kappa shape index (κ1) is 15.7. The molecular weight excluding hydrogens is 339 g/mol. The van der Waals surface area contributed by atoms with Crippen molar-refractivity contribution in [3.05, 3.63) is 57.3 Å². The minimum absolute atomic E-state index is 0.150. The van der Waals surface area contributed by atoms with E-state index in [1.54, 1.807) is 22.7 Å². The van der Waals surface area contributed by atoms with Crippen LogP contribution >= 0.6 is 35.0 Å². The number of benzene rings is 1. The quantitative estimate of drug-likeness (QED) is 0.755. The molecule has 1 aliphatic rings. The molecule has 6 heteroatoms. The minimum Gasteiger partial charge on any atom is -0.333 e. The van der Waals surface area contributed by atoms with Crippen LogP contribution in [0.1, 0.15) is 21.6 Å². The number of aromatic nitrogens is 1. The number of carbonyl (C=O) groups is 1. The van der Waals surface area contributed by atoms with E-state index in [0.29, 0.717) is 23.1 Å². The highest BCUT2D eigenvalue weighted by atomic mass is 35.5. The van der Waals surface area contributed by atoms with Gasteiger partial charge in [-0.3, -0.25) is 4.79 Å². The number of hydrogen-bond acceptors (Lipinski definition) is 3. The van der Waals surface area contributed by atoms with Crippen molar-refractivity contribution in [2.24, 2.45) is 0 Å². The Labute approximate surface area is 143 Å². The number of hydrogen-bond donors (Lipinski definition) is 0. The summed E-state index contributed by atoms with van der Waals surface area (Å²) in [5, 5.41) is 0.719. The molecule has 3 nitrogen and oxygen atoms in total. The van der Waals surface area contributed by atoms with Gasteiger partial charge >= 0.3 is 0 Å². The molecule has 1 aliphatic heterocycles. The third-order valence-corrected chi connectivity index (χ3v) is 5.06. The lowest BCUT2D eigenvalue weighted by molar-refractivity contribution is 0.0727. The second kappa shape index (κ2) is 6.49. The van der Waals surface area contributed by atoms with Gasteiger partial charge in [-0.05, 0) is 35.9 Å². The smallest absolute Gasteiger partial charge is 0.274 e. The Kier molecular flexibility index (Phi) is 4.62. The lowest BCUT2D eigenvalue weighted by atomic mass is 9.99. The van der Waals surface area contributed by atoms with Crippen molar-refractivity contribution in [2.45, 2.75) is 17.9 Å². The molecule has 3 rings (SSSR count). The van der Waals surface area contributed by atoms with Crippen LogP contribution in [-0.2, 0) is 13.0 Å². The van der Waals surface area contributed by atoms with Crippen molar-refractivity contribution < 1.29 is 4.79 Å². The van der Waals surface area contributed by atoms with Crippen molar-refractivity contribution in [1.29, 1.82) is 0 Å². The van der Waals surface area contributed by atoms with Crippen molar-refractivity contribution in [3.8, 4) is 0 Å². The lowest BCUT2D eigenvalue weighted by Crippen LogP contribution is -2.36. The first-order valence-electron chi connectivity index (χ1n) is 6.85. The van der Waals surface area contributed by atoms with Gasteiger partial charge in [0.1, 0.15) is 5.69 Å². The van der Waals surface area contributed by atoms with Crippen molar-refractivity contribution >= 4 is 40.9 Å². The van der Waals surface area contributed by atoms with Crippen molar-refractivity contribution in [1.82, 2.24) is 9.88 Å². The van der Waals surface area contributed by atoms with E-state index in [1.165, 1.54) is 22.2 Å². The third-order valence-electron chi connectivity index (χ3n) is 3.75. The number of fused-ring (bicyclic) bond motifs is 1. The van der Waals surface area contributed by atoms with Crippen LogP contribution in [-0.4, -0.2) is 28.6 Å². The van der Waals surface area contributed by atoms with E-state index in [4.69, 9.17) is 23.2 Å². The standard InChI is InChI=1S/C16H14Cl2N2OS/c1-22-14-4-2-3-10-5-6-20(9-12(10)14)16(21)15-13(18)7-11(17)8-19-15/h2-4,7-8H,5-6,9H2,1H3. The molecule has 0 spiro atoms. The number of rotatable bonds is 2. The lowest BCUT2D eigenvalue weighted by Gasteiger charge is -2.30. The molecule has 1 amide bonds. The summed E-state index contributed by atoms with van der Waals surface area (Å²) >= 11 is 13.6. The molecular formula is C16H14Cl2N2OS. The van der Waals surface area contributed by atoms with Crippen LogP contribution in [0, 0.1) is 0 Å². The number of pyridine rings is 1. The van der Waals surface area contributed by atoms with E-state index >= 15 is 0 Å². The predicted octanol–water partition coefficient (Wildman–Crippen LogP) is 4.31. The van der Waals surface area contributed by atoms with Crippen LogP contribution in [0.15, 0.2) is 35.4 Å². The Balaban J connectivity index is 1.89. The van der Waals surface area contributed by atoms with Gasteiger partial charge in [0.2, 0.25) is 0 Å². The van der Waals surface area contributed by atoms with E-state index in [0.717, 1.165) is 6.42 Å². The predicted molar refractivity (Wildman–Crippen MR) is 90.9 cm³/mol.